The zero-order valence-corrected chi connectivity index (χ0v) is 15.1. The van der Waals surface area contributed by atoms with Crippen LogP contribution in [0.25, 0.3) is 0 Å². The van der Waals surface area contributed by atoms with E-state index in [0.717, 1.165) is 0 Å². The Balaban J connectivity index is 1.61. The van der Waals surface area contributed by atoms with Gasteiger partial charge < -0.3 is 24.1 Å². The smallest absolute Gasteiger partial charge is 0.310 e. The quantitative estimate of drug-likeness (QED) is 0.602. The maximum absolute atomic E-state index is 12.1. The Kier molecular flexibility index (Phi) is 5.11. The first-order valence-corrected chi connectivity index (χ1v) is 8.17. The number of carbonyl (C=O) groups excluding carboxylic acids is 3. The topological polar surface area (TPSA) is 117 Å². The summed E-state index contributed by atoms with van der Waals surface area (Å²) in [6.07, 6.45) is -0.0445. The Morgan fingerprint density at radius 2 is 1.89 bits per heavy atom. The number of aromatic nitrogens is 1. The van der Waals surface area contributed by atoms with Gasteiger partial charge in [0, 0.05) is 17.2 Å². The molecule has 0 aliphatic carbocycles. The van der Waals surface area contributed by atoms with Gasteiger partial charge >= 0.3 is 5.97 Å². The van der Waals surface area contributed by atoms with Crippen LogP contribution in [-0.4, -0.2) is 36.2 Å². The summed E-state index contributed by atoms with van der Waals surface area (Å²) in [6.45, 7) is 4.33. The number of aryl methyl sites for hydroxylation is 2. The van der Waals surface area contributed by atoms with Gasteiger partial charge in [-0.1, -0.05) is 5.16 Å². The number of carbonyl (C=O) groups is 3. The Bertz CT molecular complexity index is 897. The summed E-state index contributed by atoms with van der Waals surface area (Å²) in [6, 6.07) is 3.01. The summed E-state index contributed by atoms with van der Waals surface area (Å²) < 4.78 is 20.5. The summed E-state index contributed by atoms with van der Waals surface area (Å²) in [7, 11) is 0. The van der Waals surface area contributed by atoms with Gasteiger partial charge in [0.2, 0.25) is 6.79 Å². The van der Waals surface area contributed by atoms with Gasteiger partial charge in [-0.25, -0.2) is 0 Å². The van der Waals surface area contributed by atoms with Crippen molar-refractivity contribution >= 4 is 23.3 Å². The standard InChI is InChI=1S/C18H18N2O7/c1-9-12(11(3)27-20-9)5-18(23)24-7-17(22)19-14-6-16-15(25-8-26-16)4-13(14)10(2)21/h4,6H,5,7-8H2,1-3H3,(H,19,22). The average Bonchev–Trinajstić information content (AvgIpc) is 3.20. The van der Waals surface area contributed by atoms with E-state index in [4.69, 9.17) is 18.7 Å². The fraction of sp³-hybridized carbons (Fsp3) is 0.333. The number of ketones is 1. The number of esters is 1. The molecule has 9 nitrogen and oxygen atoms in total. The van der Waals surface area contributed by atoms with Crippen LogP contribution in [0.3, 0.4) is 0 Å². The molecule has 0 saturated carbocycles. The number of hydrogen-bond donors (Lipinski definition) is 1. The maximum Gasteiger partial charge on any atom is 0.310 e. The first-order chi connectivity index (χ1) is 12.8. The number of nitrogens with zero attached hydrogens (tertiary/aromatic N) is 1. The van der Waals surface area contributed by atoms with Gasteiger partial charge in [-0.2, -0.15) is 0 Å². The summed E-state index contributed by atoms with van der Waals surface area (Å²) in [5, 5.41) is 6.31. The third-order valence-electron chi connectivity index (χ3n) is 4.03. The van der Waals surface area contributed by atoms with Crippen molar-refractivity contribution in [2.45, 2.75) is 27.2 Å². The van der Waals surface area contributed by atoms with Crippen molar-refractivity contribution in [2.24, 2.45) is 0 Å². The second-order valence-electron chi connectivity index (χ2n) is 6.00. The Labute approximate surface area is 154 Å². The first kappa shape index (κ1) is 18.4. The summed E-state index contributed by atoms with van der Waals surface area (Å²) >= 11 is 0. The number of anilines is 1. The average molecular weight is 374 g/mol. The van der Waals surface area contributed by atoms with Crippen molar-refractivity contribution < 1.29 is 33.1 Å². The molecule has 0 atom stereocenters. The third kappa shape index (κ3) is 4.08. The largest absolute Gasteiger partial charge is 0.455 e. The molecular formula is C18H18N2O7. The zero-order valence-electron chi connectivity index (χ0n) is 15.1. The van der Waals surface area contributed by atoms with Gasteiger partial charge in [0.15, 0.2) is 23.9 Å². The van der Waals surface area contributed by atoms with E-state index < -0.39 is 18.5 Å². The number of ether oxygens (including phenoxy) is 3. The molecule has 1 aromatic heterocycles. The molecule has 1 aliphatic heterocycles. The summed E-state index contributed by atoms with van der Waals surface area (Å²) in [4.78, 5) is 35.9. The molecule has 2 aromatic rings. The van der Waals surface area contributed by atoms with E-state index in [0.29, 0.717) is 28.5 Å². The molecule has 0 bridgehead atoms. The van der Waals surface area contributed by atoms with E-state index in [-0.39, 0.29) is 30.2 Å². The van der Waals surface area contributed by atoms with Crippen LogP contribution in [0, 0.1) is 13.8 Å². The minimum absolute atomic E-state index is 0.0445. The van der Waals surface area contributed by atoms with E-state index in [9.17, 15) is 14.4 Å². The Morgan fingerprint density at radius 1 is 1.19 bits per heavy atom. The van der Waals surface area contributed by atoms with Crippen molar-refractivity contribution in [1.29, 1.82) is 0 Å². The fourth-order valence-electron chi connectivity index (χ4n) is 2.62. The highest BCUT2D eigenvalue weighted by Crippen LogP contribution is 2.37. The lowest BCUT2D eigenvalue weighted by molar-refractivity contribution is -0.146. The molecule has 2 heterocycles. The predicted octanol–water partition coefficient (Wildman–Crippen LogP) is 1.95. The number of rotatable bonds is 6. The zero-order chi connectivity index (χ0) is 19.6. The van der Waals surface area contributed by atoms with Gasteiger partial charge in [-0.05, 0) is 26.8 Å². The molecule has 0 spiro atoms. The SMILES string of the molecule is CC(=O)c1cc2c(cc1NC(=O)COC(=O)Cc1c(C)noc1C)OCO2. The summed E-state index contributed by atoms with van der Waals surface area (Å²) in [5.74, 6) is -0.0327. The van der Waals surface area contributed by atoms with Crippen molar-refractivity contribution in [3.05, 3.63) is 34.7 Å². The van der Waals surface area contributed by atoms with Gasteiger partial charge in [-0.15, -0.1) is 0 Å². The molecule has 9 heteroatoms. The molecular weight excluding hydrogens is 356 g/mol. The van der Waals surface area contributed by atoms with E-state index in [1.54, 1.807) is 13.8 Å². The lowest BCUT2D eigenvalue weighted by Crippen LogP contribution is -2.22. The van der Waals surface area contributed by atoms with Crippen LogP contribution in [0.1, 0.15) is 34.3 Å². The van der Waals surface area contributed by atoms with Crippen LogP contribution in [0.2, 0.25) is 0 Å². The molecule has 142 valence electrons. The van der Waals surface area contributed by atoms with Crippen molar-refractivity contribution in [3.63, 3.8) is 0 Å². The highest BCUT2D eigenvalue weighted by atomic mass is 16.7. The maximum atomic E-state index is 12.1. The van der Waals surface area contributed by atoms with Crippen LogP contribution >= 0.6 is 0 Å². The highest BCUT2D eigenvalue weighted by molar-refractivity contribution is 6.05. The molecule has 27 heavy (non-hydrogen) atoms. The van der Waals surface area contributed by atoms with Crippen molar-refractivity contribution in [3.8, 4) is 11.5 Å². The fourth-order valence-corrected chi connectivity index (χ4v) is 2.62. The highest BCUT2D eigenvalue weighted by Gasteiger charge is 2.21. The number of amides is 1. The molecule has 1 amide bonds. The molecule has 1 aliphatic rings. The monoisotopic (exact) mass is 374 g/mol. The molecule has 0 saturated heterocycles. The number of hydrogen-bond acceptors (Lipinski definition) is 8. The van der Waals surface area contributed by atoms with Gasteiger partial charge in [0.05, 0.1) is 17.8 Å². The molecule has 0 fully saturated rings. The molecule has 1 aromatic carbocycles. The van der Waals surface area contributed by atoms with Crippen molar-refractivity contribution in [2.75, 3.05) is 18.7 Å². The van der Waals surface area contributed by atoms with Crippen LogP contribution in [-0.2, 0) is 20.7 Å². The summed E-state index contributed by atoms with van der Waals surface area (Å²) in [5.41, 5.74) is 1.77. The van der Waals surface area contributed by atoms with E-state index in [2.05, 4.69) is 10.5 Å². The van der Waals surface area contributed by atoms with Gasteiger partial charge in [0.25, 0.3) is 5.91 Å². The number of Topliss-reactive ketones (excluding diaryl/α,β-unsaturated/α-hetero) is 1. The van der Waals surface area contributed by atoms with E-state index in [1.807, 2.05) is 0 Å². The second kappa shape index (κ2) is 7.48. The van der Waals surface area contributed by atoms with Gasteiger partial charge in [-0.3, -0.25) is 14.4 Å². The van der Waals surface area contributed by atoms with Crippen LogP contribution in [0.5, 0.6) is 11.5 Å². The second-order valence-corrected chi connectivity index (χ2v) is 6.00. The van der Waals surface area contributed by atoms with Crippen LogP contribution < -0.4 is 14.8 Å². The Morgan fingerprint density at radius 3 is 2.52 bits per heavy atom. The Hall–Kier alpha value is -3.36. The van der Waals surface area contributed by atoms with E-state index >= 15 is 0 Å². The number of benzene rings is 1. The van der Waals surface area contributed by atoms with Crippen LogP contribution in [0.15, 0.2) is 16.7 Å². The minimum Gasteiger partial charge on any atom is -0.455 e. The number of nitrogens with one attached hydrogen (secondary N) is 1. The molecule has 1 N–H and O–H groups in total. The molecule has 3 rings (SSSR count). The number of fused-ring (bicyclic) bond motifs is 1. The first-order valence-electron chi connectivity index (χ1n) is 8.17. The van der Waals surface area contributed by atoms with E-state index in [1.165, 1.54) is 19.1 Å². The predicted molar refractivity (Wildman–Crippen MR) is 91.8 cm³/mol. The minimum atomic E-state index is -0.586. The lowest BCUT2D eigenvalue weighted by Gasteiger charge is -2.11. The lowest BCUT2D eigenvalue weighted by atomic mass is 10.1. The van der Waals surface area contributed by atoms with Crippen LogP contribution in [0.4, 0.5) is 5.69 Å². The normalized spacial score (nSPS) is 12.0. The van der Waals surface area contributed by atoms with Gasteiger partial charge in [0.1, 0.15) is 5.76 Å². The molecule has 0 radical (unpaired) electrons. The third-order valence-corrected chi connectivity index (χ3v) is 4.03. The molecule has 0 unspecified atom stereocenters. The van der Waals surface area contributed by atoms with Crippen molar-refractivity contribution in [1.82, 2.24) is 5.16 Å².